The zero-order valence-electron chi connectivity index (χ0n) is 11.1. The zero-order chi connectivity index (χ0) is 14.5. The molecule has 1 amide bonds. The second-order valence-electron chi connectivity index (χ2n) is 4.39. The lowest BCUT2D eigenvalue weighted by Gasteiger charge is -2.09. The highest BCUT2D eigenvalue weighted by Gasteiger charge is 2.09. The number of hydrogen-bond donors (Lipinski definition) is 3. The minimum absolute atomic E-state index is 0.0540. The number of nitrogen functional groups attached to an aromatic ring is 1. The van der Waals surface area contributed by atoms with Crippen molar-refractivity contribution in [2.45, 2.75) is 13.3 Å². The predicted molar refractivity (Wildman–Crippen MR) is 87.0 cm³/mol. The maximum Gasteiger partial charge on any atom is 0.251 e. The first kappa shape index (κ1) is 15.0. The molecule has 0 aliphatic heterocycles. The highest BCUT2D eigenvalue weighted by atomic mass is 79.9. The van der Waals surface area contributed by atoms with Gasteiger partial charge in [-0.15, -0.1) is 11.3 Å². The van der Waals surface area contributed by atoms with Gasteiger partial charge in [-0.25, -0.2) is 0 Å². The van der Waals surface area contributed by atoms with Gasteiger partial charge >= 0.3 is 0 Å². The maximum atomic E-state index is 12.1. The van der Waals surface area contributed by atoms with Gasteiger partial charge in [-0.1, -0.05) is 0 Å². The van der Waals surface area contributed by atoms with Gasteiger partial charge in [0.2, 0.25) is 0 Å². The lowest BCUT2D eigenvalue weighted by atomic mass is 10.1. The molecular formula is C14H16BrN3OS. The number of benzene rings is 1. The van der Waals surface area contributed by atoms with Crippen LogP contribution in [0.3, 0.4) is 0 Å². The topological polar surface area (TPSA) is 67.1 Å². The van der Waals surface area contributed by atoms with Crippen molar-refractivity contribution in [2.75, 3.05) is 12.0 Å². The summed E-state index contributed by atoms with van der Waals surface area (Å²) in [7, 11) is 0. The van der Waals surface area contributed by atoms with Crippen LogP contribution in [0.1, 0.15) is 20.8 Å². The molecule has 1 aromatic carbocycles. The summed E-state index contributed by atoms with van der Waals surface area (Å²) in [6.07, 6.45) is 0.837. The highest BCUT2D eigenvalue weighted by Crippen LogP contribution is 2.22. The lowest BCUT2D eigenvalue weighted by molar-refractivity contribution is 0.0953. The molecular weight excluding hydrogens is 338 g/mol. The third kappa shape index (κ3) is 3.82. The molecule has 0 aliphatic carbocycles. The number of carbonyl (C=O) groups is 1. The molecule has 2 rings (SSSR count). The Morgan fingerprint density at radius 1 is 1.35 bits per heavy atom. The van der Waals surface area contributed by atoms with Crippen LogP contribution < -0.4 is 16.6 Å². The Kier molecular flexibility index (Phi) is 5.17. The summed E-state index contributed by atoms with van der Waals surface area (Å²) >= 11 is 5.11. The van der Waals surface area contributed by atoms with E-state index in [4.69, 9.17) is 5.84 Å². The molecule has 4 N–H and O–H groups in total. The number of halogens is 1. The largest absolute Gasteiger partial charge is 0.352 e. The van der Waals surface area contributed by atoms with Gasteiger partial charge in [0.05, 0.1) is 3.79 Å². The van der Waals surface area contributed by atoms with E-state index in [0.717, 1.165) is 21.5 Å². The van der Waals surface area contributed by atoms with E-state index >= 15 is 0 Å². The molecule has 0 bridgehead atoms. The van der Waals surface area contributed by atoms with E-state index in [0.29, 0.717) is 12.1 Å². The van der Waals surface area contributed by atoms with E-state index in [1.807, 2.05) is 19.1 Å². The second-order valence-corrected chi connectivity index (χ2v) is 6.93. The number of nitrogens with one attached hydrogen (secondary N) is 2. The average molecular weight is 354 g/mol. The van der Waals surface area contributed by atoms with E-state index in [-0.39, 0.29) is 5.91 Å². The summed E-state index contributed by atoms with van der Waals surface area (Å²) < 4.78 is 1.11. The number of thiophene rings is 1. The number of amides is 1. The molecule has 0 fully saturated rings. The molecule has 0 saturated heterocycles. The van der Waals surface area contributed by atoms with Gasteiger partial charge in [-0.3, -0.25) is 10.6 Å². The van der Waals surface area contributed by atoms with Crippen molar-refractivity contribution in [1.29, 1.82) is 0 Å². The first-order chi connectivity index (χ1) is 9.60. The number of hydrogen-bond acceptors (Lipinski definition) is 4. The van der Waals surface area contributed by atoms with Crippen molar-refractivity contribution in [3.05, 3.63) is 50.1 Å². The highest BCUT2D eigenvalue weighted by molar-refractivity contribution is 9.11. The van der Waals surface area contributed by atoms with Crippen LogP contribution in [0.15, 0.2) is 34.1 Å². The maximum absolute atomic E-state index is 12.1. The van der Waals surface area contributed by atoms with Crippen LogP contribution in [0.2, 0.25) is 0 Å². The zero-order valence-corrected chi connectivity index (χ0v) is 13.5. The van der Waals surface area contributed by atoms with Crippen molar-refractivity contribution in [3.63, 3.8) is 0 Å². The normalized spacial score (nSPS) is 10.3. The molecule has 0 atom stereocenters. The van der Waals surface area contributed by atoms with E-state index in [1.165, 1.54) is 4.88 Å². The molecule has 1 aromatic heterocycles. The third-order valence-corrected chi connectivity index (χ3v) is 4.61. The SMILES string of the molecule is Cc1cc(NN)ccc1C(=O)NCCc1ccc(Br)s1. The number of carbonyl (C=O) groups excluding carboxylic acids is 1. The van der Waals surface area contributed by atoms with Gasteiger partial charge in [0, 0.05) is 22.7 Å². The van der Waals surface area contributed by atoms with Crippen LogP contribution in [0.5, 0.6) is 0 Å². The fourth-order valence-electron chi connectivity index (χ4n) is 1.89. The minimum Gasteiger partial charge on any atom is -0.352 e. The second kappa shape index (κ2) is 6.88. The lowest BCUT2D eigenvalue weighted by Crippen LogP contribution is -2.26. The molecule has 6 heteroatoms. The fraction of sp³-hybridized carbons (Fsp3) is 0.214. The van der Waals surface area contributed by atoms with E-state index in [2.05, 4.69) is 32.7 Å². The molecule has 0 radical (unpaired) electrons. The van der Waals surface area contributed by atoms with Crippen LogP contribution >= 0.6 is 27.3 Å². The molecule has 0 spiro atoms. The monoisotopic (exact) mass is 353 g/mol. The number of rotatable bonds is 5. The minimum atomic E-state index is -0.0540. The predicted octanol–water partition coefficient (Wildman–Crippen LogP) is 3.08. The van der Waals surface area contributed by atoms with E-state index in [1.54, 1.807) is 23.5 Å². The van der Waals surface area contributed by atoms with Crippen molar-refractivity contribution < 1.29 is 4.79 Å². The summed E-state index contributed by atoms with van der Waals surface area (Å²) in [6, 6.07) is 9.50. The Hall–Kier alpha value is -1.37. The number of aryl methyl sites for hydroxylation is 1. The number of nitrogens with two attached hydrogens (primary N) is 1. The smallest absolute Gasteiger partial charge is 0.251 e. The van der Waals surface area contributed by atoms with Crippen LogP contribution in [0.4, 0.5) is 5.69 Å². The Labute approximate surface area is 130 Å². The molecule has 0 saturated carbocycles. The molecule has 106 valence electrons. The Balaban J connectivity index is 1.91. The quantitative estimate of drug-likeness (QED) is 0.571. The number of anilines is 1. The van der Waals surface area contributed by atoms with Gasteiger partial charge in [0.25, 0.3) is 5.91 Å². The van der Waals surface area contributed by atoms with Gasteiger partial charge in [-0.2, -0.15) is 0 Å². The van der Waals surface area contributed by atoms with Gasteiger partial charge in [-0.05, 0) is 65.2 Å². The van der Waals surface area contributed by atoms with Gasteiger partial charge in [0.1, 0.15) is 0 Å². The molecule has 0 unspecified atom stereocenters. The standard InChI is InChI=1S/C14H16BrN3OS/c1-9-8-10(18-16)2-4-12(9)14(19)17-7-6-11-3-5-13(15)20-11/h2-5,8,18H,6-7,16H2,1H3,(H,17,19). The Morgan fingerprint density at radius 3 is 2.75 bits per heavy atom. The first-order valence-corrected chi connectivity index (χ1v) is 7.81. The number of hydrazine groups is 1. The van der Waals surface area contributed by atoms with Crippen LogP contribution in [-0.4, -0.2) is 12.5 Å². The summed E-state index contributed by atoms with van der Waals surface area (Å²) in [5.74, 6) is 5.28. The Morgan fingerprint density at radius 2 is 2.15 bits per heavy atom. The van der Waals surface area contributed by atoms with E-state index in [9.17, 15) is 4.79 Å². The summed E-state index contributed by atoms with van der Waals surface area (Å²) in [6.45, 7) is 2.52. The summed E-state index contributed by atoms with van der Waals surface area (Å²) in [4.78, 5) is 13.3. The van der Waals surface area contributed by atoms with Crippen LogP contribution in [0, 0.1) is 6.92 Å². The van der Waals surface area contributed by atoms with Crippen molar-refractivity contribution in [2.24, 2.45) is 5.84 Å². The van der Waals surface area contributed by atoms with E-state index < -0.39 is 0 Å². The summed E-state index contributed by atoms with van der Waals surface area (Å²) in [5.41, 5.74) is 4.94. The molecule has 2 aromatic rings. The van der Waals surface area contributed by atoms with Gasteiger partial charge in [0.15, 0.2) is 0 Å². The Bertz CT molecular complexity index is 612. The van der Waals surface area contributed by atoms with Crippen molar-refractivity contribution in [3.8, 4) is 0 Å². The van der Waals surface area contributed by atoms with Crippen molar-refractivity contribution in [1.82, 2.24) is 5.32 Å². The first-order valence-electron chi connectivity index (χ1n) is 6.20. The molecule has 4 nitrogen and oxygen atoms in total. The van der Waals surface area contributed by atoms with Crippen molar-refractivity contribution >= 4 is 38.9 Å². The molecule has 1 heterocycles. The molecule has 0 aliphatic rings. The van der Waals surface area contributed by atoms with Crippen LogP contribution in [-0.2, 0) is 6.42 Å². The molecule has 20 heavy (non-hydrogen) atoms. The average Bonchev–Trinajstić information content (AvgIpc) is 2.84. The fourth-order valence-corrected chi connectivity index (χ4v) is 3.37. The van der Waals surface area contributed by atoms with Crippen LogP contribution in [0.25, 0.3) is 0 Å². The third-order valence-electron chi connectivity index (χ3n) is 2.92. The summed E-state index contributed by atoms with van der Waals surface area (Å²) in [5, 5.41) is 2.94. The van der Waals surface area contributed by atoms with Gasteiger partial charge < -0.3 is 10.7 Å².